The minimum atomic E-state index is -0.000454. The van der Waals surface area contributed by atoms with E-state index in [1.54, 1.807) is 13.2 Å². The molecule has 1 aliphatic carbocycles. The van der Waals surface area contributed by atoms with Crippen molar-refractivity contribution in [1.29, 1.82) is 0 Å². The van der Waals surface area contributed by atoms with Crippen molar-refractivity contribution in [1.82, 2.24) is 0 Å². The van der Waals surface area contributed by atoms with Crippen molar-refractivity contribution in [3.63, 3.8) is 0 Å². The second-order valence-corrected chi connectivity index (χ2v) is 6.34. The molecule has 1 aliphatic rings. The Morgan fingerprint density at radius 2 is 1.86 bits per heavy atom. The number of hydrogen-bond acceptors (Lipinski definition) is 2. The van der Waals surface area contributed by atoms with E-state index in [9.17, 15) is 4.79 Å². The molecule has 0 aromatic heterocycles. The van der Waals surface area contributed by atoms with E-state index in [0.717, 1.165) is 4.47 Å². The van der Waals surface area contributed by atoms with Gasteiger partial charge in [0.1, 0.15) is 5.75 Å². The van der Waals surface area contributed by atoms with Gasteiger partial charge in [-0.2, -0.15) is 0 Å². The Kier molecular flexibility index (Phi) is 4.11. The van der Waals surface area contributed by atoms with Crippen LogP contribution in [0.5, 0.6) is 5.75 Å². The summed E-state index contributed by atoms with van der Waals surface area (Å²) in [6.07, 6.45) is 3.86. The largest absolute Gasteiger partial charge is 0.496 e. The maximum absolute atomic E-state index is 12.6. The molecule has 0 amide bonds. The van der Waals surface area contributed by atoms with Gasteiger partial charge in [-0.3, -0.25) is 4.79 Å². The maximum atomic E-state index is 12.6. The third kappa shape index (κ3) is 2.88. The van der Waals surface area contributed by atoms with E-state index in [2.05, 4.69) is 28.1 Å². The number of halogens is 1. The number of rotatable bonds is 4. The summed E-state index contributed by atoms with van der Waals surface area (Å²) < 4.78 is 6.21. The number of carbonyl (C=O) groups excluding carboxylic acids is 1. The molecule has 0 unspecified atom stereocenters. The van der Waals surface area contributed by atoms with E-state index in [-0.39, 0.29) is 5.78 Å². The average molecular weight is 345 g/mol. The minimum absolute atomic E-state index is 0.000454. The van der Waals surface area contributed by atoms with Gasteiger partial charge in [0.25, 0.3) is 0 Å². The van der Waals surface area contributed by atoms with E-state index >= 15 is 0 Å². The topological polar surface area (TPSA) is 26.3 Å². The van der Waals surface area contributed by atoms with E-state index in [1.165, 1.54) is 24.8 Å². The van der Waals surface area contributed by atoms with Crippen LogP contribution in [0.2, 0.25) is 0 Å². The lowest BCUT2D eigenvalue weighted by atomic mass is 9.80. The first kappa shape index (κ1) is 14.3. The second-order valence-electron chi connectivity index (χ2n) is 5.42. The zero-order valence-electron chi connectivity index (χ0n) is 11.9. The summed E-state index contributed by atoms with van der Waals surface area (Å²) >= 11 is 3.39. The van der Waals surface area contributed by atoms with Gasteiger partial charge in [-0.25, -0.2) is 0 Å². The molecule has 2 nitrogen and oxygen atoms in total. The molecule has 0 N–H and O–H groups in total. The van der Waals surface area contributed by atoms with Gasteiger partial charge in [0, 0.05) is 10.0 Å². The van der Waals surface area contributed by atoms with Gasteiger partial charge >= 0.3 is 0 Å². The summed E-state index contributed by atoms with van der Waals surface area (Å²) in [5.74, 6) is 1.29. The molecule has 3 heteroatoms. The number of benzene rings is 2. The van der Waals surface area contributed by atoms with E-state index in [4.69, 9.17) is 4.74 Å². The third-order valence-electron chi connectivity index (χ3n) is 4.16. The quantitative estimate of drug-likeness (QED) is 0.733. The summed E-state index contributed by atoms with van der Waals surface area (Å²) in [4.78, 5) is 12.6. The molecule has 2 aromatic rings. The van der Waals surface area contributed by atoms with Crippen LogP contribution in [0, 0.1) is 0 Å². The molecule has 0 radical (unpaired) electrons. The first-order valence-electron chi connectivity index (χ1n) is 7.17. The van der Waals surface area contributed by atoms with Crippen molar-refractivity contribution >= 4 is 21.7 Å². The molecule has 21 heavy (non-hydrogen) atoms. The Morgan fingerprint density at radius 3 is 2.43 bits per heavy atom. The van der Waals surface area contributed by atoms with Crippen LogP contribution in [0.4, 0.5) is 0 Å². The smallest absolute Gasteiger partial charge is 0.196 e. The first-order chi connectivity index (χ1) is 10.2. The lowest BCUT2D eigenvalue weighted by molar-refractivity contribution is 0.103. The Bertz CT molecular complexity index is 657. The van der Waals surface area contributed by atoms with Crippen molar-refractivity contribution in [2.24, 2.45) is 0 Å². The lowest BCUT2D eigenvalue weighted by Crippen LogP contribution is -2.09. The monoisotopic (exact) mass is 344 g/mol. The fourth-order valence-electron chi connectivity index (χ4n) is 2.66. The van der Waals surface area contributed by atoms with E-state index in [0.29, 0.717) is 22.8 Å². The number of ketones is 1. The van der Waals surface area contributed by atoms with Crippen molar-refractivity contribution < 1.29 is 9.53 Å². The molecule has 0 saturated heterocycles. The first-order valence-corrected chi connectivity index (χ1v) is 7.96. The highest BCUT2D eigenvalue weighted by Gasteiger charge is 2.20. The number of ether oxygens (including phenoxy) is 1. The van der Waals surface area contributed by atoms with Crippen molar-refractivity contribution in [2.75, 3.05) is 7.11 Å². The lowest BCUT2D eigenvalue weighted by Gasteiger charge is -2.25. The van der Waals surface area contributed by atoms with Crippen LogP contribution in [0.15, 0.2) is 46.9 Å². The molecular weight excluding hydrogens is 328 g/mol. The summed E-state index contributed by atoms with van der Waals surface area (Å²) in [6, 6.07) is 13.5. The summed E-state index contributed by atoms with van der Waals surface area (Å²) in [6.45, 7) is 0. The van der Waals surface area contributed by atoms with Crippen LogP contribution < -0.4 is 4.74 Å². The summed E-state index contributed by atoms with van der Waals surface area (Å²) in [5.41, 5.74) is 2.65. The Morgan fingerprint density at radius 1 is 1.14 bits per heavy atom. The van der Waals surface area contributed by atoms with Crippen molar-refractivity contribution in [3.8, 4) is 5.75 Å². The molecule has 0 bridgehead atoms. The average Bonchev–Trinajstić information content (AvgIpc) is 2.45. The predicted molar refractivity (Wildman–Crippen MR) is 87.2 cm³/mol. The Balaban J connectivity index is 1.87. The van der Waals surface area contributed by atoms with Crippen LogP contribution in [-0.4, -0.2) is 12.9 Å². The van der Waals surface area contributed by atoms with Gasteiger partial charge in [-0.05, 0) is 42.5 Å². The van der Waals surface area contributed by atoms with Crippen LogP contribution in [-0.2, 0) is 0 Å². The van der Waals surface area contributed by atoms with Gasteiger partial charge in [0.15, 0.2) is 5.78 Å². The van der Waals surface area contributed by atoms with Crippen molar-refractivity contribution in [2.45, 2.75) is 25.2 Å². The number of methoxy groups -OCH3 is 1. The van der Waals surface area contributed by atoms with Gasteiger partial charge in [-0.15, -0.1) is 0 Å². The van der Waals surface area contributed by atoms with E-state index in [1.807, 2.05) is 24.3 Å². The van der Waals surface area contributed by atoms with Crippen LogP contribution >= 0.6 is 15.9 Å². The van der Waals surface area contributed by atoms with Gasteiger partial charge in [-0.1, -0.05) is 46.6 Å². The minimum Gasteiger partial charge on any atom is -0.496 e. The van der Waals surface area contributed by atoms with Crippen molar-refractivity contribution in [3.05, 3.63) is 63.6 Å². The molecule has 3 rings (SSSR count). The van der Waals surface area contributed by atoms with E-state index < -0.39 is 0 Å². The Labute approximate surface area is 133 Å². The summed E-state index contributed by atoms with van der Waals surface area (Å²) in [5, 5.41) is 0. The summed E-state index contributed by atoms with van der Waals surface area (Å²) in [7, 11) is 1.58. The highest BCUT2D eigenvalue weighted by atomic mass is 79.9. The third-order valence-corrected chi connectivity index (χ3v) is 4.65. The Hall–Kier alpha value is -1.61. The standard InChI is InChI=1S/C18H17BrO2/c1-21-17-11-15(19)9-10-16(17)18(20)14-7-5-13(6-8-14)12-3-2-4-12/h5-12H,2-4H2,1H3. The normalized spacial score (nSPS) is 14.6. The van der Waals surface area contributed by atoms with Crippen LogP contribution in [0.1, 0.15) is 46.7 Å². The van der Waals surface area contributed by atoms with Crippen LogP contribution in [0.25, 0.3) is 0 Å². The molecular formula is C18H17BrO2. The zero-order valence-corrected chi connectivity index (χ0v) is 13.5. The molecule has 0 heterocycles. The number of hydrogen-bond donors (Lipinski definition) is 0. The molecule has 2 aromatic carbocycles. The second kappa shape index (κ2) is 6.02. The highest BCUT2D eigenvalue weighted by molar-refractivity contribution is 9.10. The molecule has 108 valence electrons. The van der Waals surface area contributed by atoms with Crippen LogP contribution in [0.3, 0.4) is 0 Å². The maximum Gasteiger partial charge on any atom is 0.196 e. The van der Waals surface area contributed by atoms with Gasteiger partial charge in [0.05, 0.1) is 12.7 Å². The van der Waals surface area contributed by atoms with Gasteiger partial charge < -0.3 is 4.74 Å². The molecule has 1 saturated carbocycles. The molecule has 0 spiro atoms. The molecule has 0 aliphatic heterocycles. The number of carbonyl (C=O) groups is 1. The highest BCUT2D eigenvalue weighted by Crippen LogP contribution is 2.36. The fourth-order valence-corrected chi connectivity index (χ4v) is 3.00. The SMILES string of the molecule is COc1cc(Br)ccc1C(=O)c1ccc(C2CCC2)cc1. The molecule has 0 atom stereocenters. The molecule has 1 fully saturated rings. The zero-order chi connectivity index (χ0) is 14.8. The fraction of sp³-hybridized carbons (Fsp3) is 0.278. The van der Waals surface area contributed by atoms with Gasteiger partial charge in [0.2, 0.25) is 0 Å². The predicted octanol–water partition coefficient (Wildman–Crippen LogP) is 4.96.